The summed E-state index contributed by atoms with van der Waals surface area (Å²) in [6, 6.07) is 0.733. The molecule has 1 atom stereocenters. The molecule has 0 radical (unpaired) electrons. The van der Waals surface area contributed by atoms with Gasteiger partial charge >= 0.3 is 0 Å². The first-order valence-electron chi connectivity index (χ1n) is 8.82. The third-order valence-corrected chi connectivity index (χ3v) is 5.44. The lowest BCUT2D eigenvalue weighted by Gasteiger charge is -2.50. The Morgan fingerprint density at radius 1 is 1.15 bits per heavy atom. The fourth-order valence-electron chi connectivity index (χ4n) is 3.54. The van der Waals surface area contributed by atoms with Crippen LogP contribution in [0.4, 0.5) is 0 Å². The van der Waals surface area contributed by atoms with Crippen LogP contribution in [0.25, 0.3) is 0 Å². The zero-order chi connectivity index (χ0) is 14.4. The highest BCUT2D eigenvalue weighted by Crippen LogP contribution is 2.37. The lowest BCUT2D eigenvalue weighted by atomic mass is 9.86. The molecule has 118 valence electrons. The molecule has 1 aliphatic carbocycles. The van der Waals surface area contributed by atoms with Crippen LogP contribution in [0, 0.1) is 5.92 Å². The third kappa shape index (κ3) is 3.96. The van der Waals surface area contributed by atoms with Crippen molar-refractivity contribution in [3.8, 4) is 0 Å². The summed E-state index contributed by atoms with van der Waals surface area (Å²) < 4.78 is 5.81. The van der Waals surface area contributed by atoms with Crippen LogP contribution in [-0.2, 0) is 4.74 Å². The second-order valence-corrected chi connectivity index (χ2v) is 6.67. The maximum atomic E-state index is 5.81. The van der Waals surface area contributed by atoms with E-state index in [0.717, 1.165) is 38.3 Å². The molecule has 3 nitrogen and oxygen atoms in total. The van der Waals surface area contributed by atoms with Crippen LogP contribution >= 0.6 is 0 Å². The Morgan fingerprint density at radius 2 is 1.90 bits per heavy atom. The molecule has 0 spiro atoms. The van der Waals surface area contributed by atoms with Crippen LogP contribution in [0.15, 0.2) is 0 Å². The molecule has 1 heterocycles. The van der Waals surface area contributed by atoms with Crippen molar-refractivity contribution in [2.75, 3.05) is 32.8 Å². The highest BCUT2D eigenvalue weighted by molar-refractivity contribution is 5.01. The van der Waals surface area contributed by atoms with Crippen LogP contribution in [0.3, 0.4) is 0 Å². The van der Waals surface area contributed by atoms with E-state index in [4.69, 9.17) is 4.74 Å². The van der Waals surface area contributed by atoms with E-state index in [2.05, 4.69) is 31.0 Å². The van der Waals surface area contributed by atoms with Crippen LogP contribution in [0.2, 0.25) is 0 Å². The SMILES string of the molecule is CCCCOCCN1CC(C2CC2)NCC1(CC)CC. The van der Waals surface area contributed by atoms with E-state index in [-0.39, 0.29) is 0 Å². The molecule has 2 aliphatic rings. The first-order chi connectivity index (χ1) is 9.75. The molecule has 0 aromatic carbocycles. The van der Waals surface area contributed by atoms with Crippen LogP contribution in [-0.4, -0.2) is 49.3 Å². The number of nitrogens with one attached hydrogen (secondary N) is 1. The fourth-order valence-corrected chi connectivity index (χ4v) is 3.54. The van der Waals surface area contributed by atoms with Crippen molar-refractivity contribution in [1.82, 2.24) is 10.2 Å². The number of ether oxygens (including phenoxy) is 1. The Labute approximate surface area is 125 Å². The van der Waals surface area contributed by atoms with Gasteiger partial charge in [-0.25, -0.2) is 0 Å². The zero-order valence-electron chi connectivity index (χ0n) is 13.8. The van der Waals surface area contributed by atoms with E-state index in [9.17, 15) is 0 Å². The predicted octanol–water partition coefficient (Wildman–Crippen LogP) is 3.05. The molecule has 0 amide bonds. The van der Waals surface area contributed by atoms with E-state index in [1.807, 2.05) is 0 Å². The average Bonchev–Trinajstić information content (AvgIpc) is 3.32. The summed E-state index contributed by atoms with van der Waals surface area (Å²) in [6.07, 6.45) is 7.77. The maximum absolute atomic E-state index is 5.81. The molecule has 0 aromatic rings. The smallest absolute Gasteiger partial charge is 0.0593 e. The first-order valence-corrected chi connectivity index (χ1v) is 8.82. The highest BCUT2D eigenvalue weighted by atomic mass is 16.5. The Hall–Kier alpha value is -0.120. The summed E-state index contributed by atoms with van der Waals surface area (Å²) in [5.41, 5.74) is 0.361. The molecule has 1 saturated heterocycles. The fraction of sp³-hybridized carbons (Fsp3) is 1.00. The maximum Gasteiger partial charge on any atom is 0.0593 e. The van der Waals surface area contributed by atoms with Crippen molar-refractivity contribution < 1.29 is 4.74 Å². The number of hydrogen-bond acceptors (Lipinski definition) is 3. The van der Waals surface area contributed by atoms with Gasteiger partial charge in [-0.05, 0) is 38.0 Å². The van der Waals surface area contributed by atoms with Crippen molar-refractivity contribution in [2.45, 2.75) is 70.9 Å². The third-order valence-electron chi connectivity index (χ3n) is 5.44. The minimum Gasteiger partial charge on any atom is -0.380 e. The van der Waals surface area contributed by atoms with Gasteiger partial charge in [-0.1, -0.05) is 27.2 Å². The number of unbranched alkanes of at least 4 members (excludes halogenated alkanes) is 1. The summed E-state index contributed by atoms with van der Waals surface area (Å²) in [5, 5.41) is 3.83. The molecule has 0 aromatic heterocycles. The average molecular weight is 282 g/mol. The highest BCUT2D eigenvalue weighted by Gasteiger charge is 2.42. The molecule has 2 fully saturated rings. The van der Waals surface area contributed by atoms with E-state index in [1.54, 1.807) is 0 Å². The summed E-state index contributed by atoms with van der Waals surface area (Å²) in [7, 11) is 0. The van der Waals surface area contributed by atoms with Gasteiger partial charge in [0.2, 0.25) is 0 Å². The largest absolute Gasteiger partial charge is 0.380 e. The van der Waals surface area contributed by atoms with Crippen LogP contribution in [0.1, 0.15) is 59.3 Å². The monoisotopic (exact) mass is 282 g/mol. The van der Waals surface area contributed by atoms with Gasteiger partial charge in [0.05, 0.1) is 6.61 Å². The number of nitrogens with zero attached hydrogens (tertiary/aromatic N) is 1. The van der Waals surface area contributed by atoms with Gasteiger partial charge in [-0.3, -0.25) is 4.90 Å². The molecule has 1 saturated carbocycles. The first kappa shape index (κ1) is 16.3. The molecule has 1 unspecified atom stereocenters. The van der Waals surface area contributed by atoms with E-state index in [0.29, 0.717) is 5.54 Å². The lowest BCUT2D eigenvalue weighted by molar-refractivity contribution is 0.00118. The van der Waals surface area contributed by atoms with Gasteiger partial charge in [0.1, 0.15) is 0 Å². The lowest BCUT2D eigenvalue weighted by Crippen LogP contribution is -2.65. The topological polar surface area (TPSA) is 24.5 Å². The standard InChI is InChI=1S/C17H34N2O/c1-4-7-11-20-12-10-19-13-16(15-8-9-15)18-14-17(19,5-2)6-3/h15-16,18H,4-14H2,1-3H3. The molecule has 20 heavy (non-hydrogen) atoms. The Bertz CT molecular complexity index is 274. The van der Waals surface area contributed by atoms with Crippen molar-refractivity contribution in [3.05, 3.63) is 0 Å². The molecule has 1 aliphatic heterocycles. The zero-order valence-corrected chi connectivity index (χ0v) is 13.8. The molecule has 0 bridgehead atoms. The number of piperazine rings is 1. The predicted molar refractivity (Wildman–Crippen MR) is 85.1 cm³/mol. The number of rotatable bonds is 9. The van der Waals surface area contributed by atoms with Gasteiger partial charge in [0, 0.05) is 37.8 Å². The van der Waals surface area contributed by atoms with Gasteiger partial charge in [-0.15, -0.1) is 0 Å². The van der Waals surface area contributed by atoms with Crippen molar-refractivity contribution >= 4 is 0 Å². The van der Waals surface area contributed by atoms with Gasteiger partial charge in [0.15, 0.2) is 0 Å². The summed E-state index contributed by atoms with van der Waals surface area (Å²) in [5.74, 6) is 0.949. The van der Waals surface area contributed by atoms with E-state index in [1.165, 1.54) is 45.1 Å². The normalized spacial score (nSPS) is 26.9. The second kappa shape index (κ2) is 7.77. The Morgan fingerprint density at radius 3 is 2.50 bits per heavy atom. The second-order valence-electron chi connectivity index (χ2n) is 6.67. The van der Waals surface area contributed by atoms with E-state index >= 15 is 0 Å². The molecule has 2 rings (SSSR count). The molecule has 1 N–H and O–H groups in total. The summed E-state index contributed by atoms with van der Waals surface area (Å²) >= 11 is 0. The Kier molecular flexibility index (Phi) is 6.31. The van der Waals surface area contributed by atoms with Gasteiger partial charge < -0.3 is 10.1 Å². The minimum absolute atomic E-state index is 0.361. The van der Waals surface area contributed by atoms with Crippen molar-refractivity contribution in [1.29, 1.82) is 0 Å². The summed E-state index contributed by atoms with van der Waals surface area (Å²) in [4.78, 5) is 2.73. The molecular weight excluding hydrogens is 248 g/mol. The number of hydrogen-bond donors (Lipinski definition) is 1. The Balaban J connectivity index is 1.84. The van der Waals surface area contributed by atoms with Gasteiger partial charge in [-0.2, -0.15) is 0 Å². The van der Waals surface area contributed by atoms with Crippen LogP contribution < -0.4 is 5.32 Å². The van der Waals surface area contributed by atoms with Crippen molar-refractivity contribution in [3.63, 3.8) is 0 Å². The van der Waals surface area contributed by atoms with E-state index < -0.39 is 0 Å². The minimum atomic E-state index is 0.361. The quantitative estimate of drug-likeness (QED) is 0.658. The molecular formula is C17H34N2O. The van der Waals surface area contributed by atoms with Crippen LogP contribution in [0.5, 0.6) is 0 Å². The van der Waals surface area contributed by atoms with Gasteiger partial charge in [0.25, 0.3) is 0 Å². The molecule has 3 heteroatoms. The van der Waals surface area contributed by atoms with Crippen molar-refractivity contribution in [2.24, 2.45) is 5.92 Å². The summed E-state index contributed by atoms with van der Waals surface area (Å²) in [6.45, 7) is 12.2.